The number of aryl methyl sites for hydroxylation is 2. The molecule has 0 radical (unpaired) electrons. The van der Waals surface area contributed by atoms with Crippen molar-refractivity contribution in [3.63, 3.8) is 0 Å². The number of benzene rings is 1. The number of carbonyl (C=O) groups excluding carboxylic acids is 1. The number of fused-ring (bicyclic) bond motifs is 1. The fraction of sp³-hybridized carbons (Fsp3) is 0.350. The summed E-state index contributed by atoms with van der Waals surface area (Å²) in [5, 5.41) is 9.99. The van der Waals surface area contributed by atoms with Gasteiger partial charge in [-0.05, 0) is 44.9 Å². The Labute approximate surface area is 151 Å². The van der Waals surface area contributed by atoms with E-state index in [4.69, 9.17) is 0 Å². The number of piperidine rings is 1. The van der Waals surface area contributed by atoms with Gasteiger partial charge in [-0.2, -0.15) is 5.26 Å². The van der Waals surface area contributed by atoms with Crippen LogP contribution in [0.25, 0.3) is 10.9 Å². The molecule has 0 bridgehead atoms. The van der Waals surface area contributed by atoms with Crippen molar-refractivity contribution in [3.8, 4) is 6.07 Å². The fourth-order valence-electron chi connectivity index (χ4n) is 3.65. The SMILES string of the molecule is Cc1nc(C2CCN(C(=O)c3ccc4[nH]cc(C#N)c4c3)CC2)[nH]c1C. The number of likely N-dealkylation sites (tertiary alicyclic amines) is 1. The summed E-state index contributed by atoms with van der Waals surface area (Å²) < 4.78 is 0. The van der Waals surface area contributed by atoms with E-state index < -0.39 is 0 Å². The van der Waals surface area contributed by atoms with Crippen molar-refractivity contribution >= 4 is 16.8 Å². The maximum Gasteiger partial charge on any atom is 0.253 e. The average molecular weight is 347 g/mol. The molecule has 0 atom stereocenters. The minimum atomic E-state index is 0.0299. The normalized spacial score (nSPS) is 15.3. The molecule has 2 N–H and O–H groups in total. The molecule has 1 saturated heterocycles. The zero-order valence-electron chi connectivity index (χ0n) is 15.0. The Balaban J connectivity index is 1.49. The number of aromatic nitrogens is 3. The third-order valence-electron chi connectivity index (χ3n) is 5.36. The van der Waals surface area contributed by atoms with Gasteiger partial charge in [-0.25, -0.2) is 4.98 Å². The molecule has 1 aliphatic heterocycles. The lowest BCUT2D eigenvalue weighted by Crippen LogP contribution is -2.38. The standard InChI is InChI=1S/C20H21N5O/c1-12-13(2)24-19(23-12)14-5-7-25(8-6-14)20(26)15-3-4-18-17(9-15)16(10-21)11-22-18/h3-4,9,11,14,22H,5-8H2,1-2H3,(H,23,24). The topological polar surface area (TPSA) is 88.6 Å². The van der Waals surface area contributed by atoms with E-state index >= 15 is 0 Å². The molecule has 26 heavy (non-hydrogen) atoms. The molecule has 3 heterocycles. The first-order chi connectivity index (χ1) is 12.6. The van der Waals surface area contributed by atoms with Crippen LogP contribution < -0.4 is 0 Å². The smallest absolute Gasteiger partial charge is 0.253 e. The van der Waals surface area contributed by atoms with E-state index in [9.17, 15) is 10.1 Å². The van der Waals surface area contributed by atoms with Crippen molar-refractivity contribution in [1.29, 1.82) is 5.26 Å². The summed E-state index contributed by atoms with van der Waals surface area (Å²) in [4.78, 5) is 25.8. The first-order valence-electron chi connectivity index (χ1n) is 8.90. The Bertz CT molecular complexity index is 995. The summed E-state index contributed by atoms with van der Waals surface area (Å²) in [6, 6.07) is 7.67. The van der Waals surface area contributed by atoms with E-state index in [0.717, 1.165) is 54.0 Å². The zero-order valence-corrected chi connectivity index (χ0v) is 15.0. The zero-order chi connectivity index (χ0) is 18.3. The maximum atomic E-state index is 12.9. The minimum Gasteiger partial charge on any atom is -0.360 e. The molecule has 0 aliphatic carbocycles. The number of hydrogen-bond donors (Lipinski definition) is 2. The van der Waals surface area contributed by atoms with Gasteiger partial charge in [-0.3, -0.25) is 4.79 Å². The van der Waals surface area contributed by atoms with Gasteiger partial charge in [-0.1, -0.05) is 0 Å². The van der Waals surface area contributed by atoms with E-state index in [-0.39, 0.29) is 5.91 Å². The Morgan fingerprint density at radius 2 is 2.08 bits per heavy atom. The van der Waals surface area contributed by atoms with E-state index in [1.54, 1.807) is 6.20 Å². The first kappa shape index (κ1) is 16.4. The third kappa shape index (κ3) is 2.76. The largest absolute Gasteiger partial charge is 0.360 e. The van der Waals surface area contributed by atoms with Gasteiger partial charge in [0.2, 0.25) is 0 Å². The molecule has 1 aromatic carbocycles. The lowest BCUT2D eigenvalue weighted by Gasteiger charge is -2.31. The van der Waals surface area contributed by atoms with Gasteiger partial charge in [0.05, 0.1) is 11.3 Å². The summed E-state index contributed by atoms with van der Waals surface area (Å²) in [6.45, 7) is 5.49. The number of aromatic amines is 2. The van der Waals surface area contributed by atoms with Gasteiger partial charge in [0.15, 0.2) is 0 Å². The van der Waals surface area contributed by atoms with Gasteiger partial charge < -0.3 is 14.9 Å². The third-order valence-corrected chi connectivity index (χ3v) is 5.36. The lowest BCUT2D eigenvalue weighted by atomic mass is 9.95. The van der Waals surface area contributed by atoms with E-state index in [1.807, 2.05) is 36.9 Å². The molecule has 0 saturated carbocycles. The molecular weight excluding hydrogens is 326 g/mol. The quantitative estimate of drug-likeness (QED) is 0.744. The summed E-state index contributed by atoms with van der Waals surface area (Å²) in [5.41, 5.74) is 4.24. The van der Waals surface area contributed by atoms with Crippen LogP contribution in [0.2, 0.25) is 0 Å². The number of rotatable bonds is 2. The van der Waals surface area contributed by atoms with Crippen LogP contribution in [0, 0.1) is 25.2 Å². The molecule has 132 valence electrons. The molecule has 0 spiro atoms. The highest BCUT2D eigenvalue weighted by molar-refractivity contribution is 5.99. The van der Waals surface area contributed by atoms with Crippen LogP contribution in [0.15, 0.2) is 24.4 Å². The minimum absolute atomic E-state index is 0.0299. The highest BCUT2D eigenvalue weighted by Crippen LogP contribution is 2.28. The molecule has 4 rings (SSSR count). The van der Waals surface area contributed by atoms with Gasteiger partial charge in [0.25, 0.3) is 5.91 Å². The van der Waals surface area contributed by atoms with Crippen LogP contribution in [0.3, 0.4) is 0 Å². The second-order valence-electron chi connectivity index (χ2n) is 6.97. The molecule has 3 aromatic rings. The van der Waals surface area contributed by atoms with Crippen LogP contribution in [-0.4, -0.2) is 38.8 Å². The molecule has 2 aromatic heterocycles. The summed E-state index contributed by atoms with van der Waals surface area (Å²) in [7, 11) is 0. The molecule has 1 amide bonds. The molecule has 1 aliphatic rings. The maximum absolute atomic E-state index is 12.9. The second-order valence-corrected chi connectivity index (χ2v) is 6.97. The van der Waals surface area contributed by atoms with Crippen molar-refractivity contribution < 1.29 is 4.79 Å². The van der Waals surface area contributed by atoms with Crippen molar-refractivity contribution in [2.75, 3.05) is 13.1 Å². The van der Waals surface area contributed by atoms with Gasteiger partial charge in [-0.15, -0.1) is 0 Å². The molecule has 0 unspecified atom stereocenters. The van der Waals surface area contributed by atoms with Crippen LogP contribution in [0.5, 0.6) is 0 Å². The Morgan fingerprint density at radius 1 is 1.31 bits per heavy atom. The van der Waals surface area contributed by atoms with E-state index in [1.165, 1.54) is 0 Å². The summed E-state index contributed by atoms with van der Waals surface area (Å²) in [5.74, 6) is 1.45. The Hall–Kier alpha value is -3.07. The number of H-pyrrole nitrogens is 2. The van der Waals surface area contributed by atoms with Crippen molar-refractivity contribution in [3.05, 3.63) is 52.7 Å². The number of nitrogens with zero attached hydrogens (tertiary/aromatic N) is 3. The second kappa shape index (κ2) is 6.34. The fourth-order valence-corrected chi connectivity index (χ4v) is 3.65. The summed E-state index contributed by atoms with van der Waals surface area (Å²) >= 11 is 0. The molecule has 6 nitrogen and oxygen atoms in total. The first-order valence-corrected chi connectivity index (χ1v) is 8.90. The van der Waals surface area contributed by atoms with Crippen molar-refractivity contribution in [2.45, 2.75) is 32.6 Å². The van der Waals surface area contributed by atoms with Crippen molar-refractivity contribution in [2.24, 2.45) is 0 Å². The highest BCUT2D eigenvalue weighted by atomic mass is 16.2. The Morgan fingerprint density at radius 3 is 2.73 bits per heavy atom. The molecule has 1 fully saturated rings. The lowest BCUT2D eigenvalue weighted by molar-refractivity contribution is 0.0711. The number of carbonyl (C=O) groups is 1. The number of imidazole rings is 1. The van der Waals surface area contributed by atoms with Crippen LogP contribution in [-0.2, 0) is 0 Å². The van der Waals surface area contributed by atoms with Crippen LogP contribution in [0.4, 0.5) is 0 Å². The van der Waals surface area contributed by atoms with Gasteiger partial charge in [0.1, 0.15) is 11.9 Å². The number of nitrogens with one attached hydrogen (secondary N) is 2. The van der Waals surface area contributed by atoms with Crippen molar-refractivity contribution in [1.82, 2.24) is 19.9 Å². The van der Waals surface area contributed by atoms with E-state index in [2.05, 4.69) is 21.0 Å². The molecule has 6 heteroatoms. The van der Waals surface area contributed by atoms with Crippen LogP contribution >= 0.6 is 0 Å². The highest BCUT2D eigenvalue weighted by Gasteiger charge is 2.26. The van der Waals surface area contributed by atoms with Crippen LogP contribution in [0.1, 0.15) is 51.9 Å². The number of amides is 1. The van der Waals surface area contributed by atoms with E-state index in [0.29, 0.717) is 17.0 Å². The summed E-state index contributed by atoms with van der Waals surface area (Å²) in [6.07, 6.45) is 3.50. The monoisotopic (exact) mass is 347 g/mol. The van der Waals surface area contributed by atoms with Gasteiger partial charge >= 0.3 is 0 Å². The number of nitriles is 1. The van der Waals surface area contributed by atoms with Gasteiger partial charge in [0, 0.05) is 47.4 Å². The predicted molar refractivity (Wildman–Crippen MR) is 99.0 cm³/mol. The molecular formula is C20H21N5O. The Kier molecular flexibility index (Phi) is 4.00. The number of hydrogen-bond acceptors (Lipinski definition) is 3. The predicted octanol–water partition coefficient (Wildman–Crippen LogP) is 3.40. The average Bonchev–Trinajstić information content (AvgIpc) is 3.23.